The molecular weight excluding hydrogens is 280 g/mol. The minimum Gasteiger partial charge on any atom is -0.477 e. The van der Waals surface area contributed by atoms with E-state index in [1.54, 1.807) is 0 Å². The Morgan fingerprint density at radius 3 is 2.68 bits per heavy atom. The van der Waals surface area contributed by atoms with Gasteiger partial charge in [-0.1, -0.05) is 32.1 Å². The number of carbonyl (C=O) groups is 1. The predicted octanol–water partition coefficient (Wildman–Crippen LogP) is 3.29. The van der Waals surface area contributed by atoms with Crippen LogP contribution in [0.15, 0.2) is 0 Å². The molecule has 0 aliphatic carbocycles. The number of hydrogen-bond donors (Lipinski definition) is 1. The predicted molar refractivity (Wildman–Crippen MR) is 81.9 cm³/mol. The Kier molecular flexibility index (Phi) is 4.40. The van der Waals surface area contributed by atoms with Gasteiger partial charge in [-0.05, 0) is 12.8 Å². The van der Waals surface area contributed by atoms with Crippen molar-refractivity contribution >= 4 is 34.2 Å². The number of aromatic carboxylic acids is 1. The van der Waals surface area contributed by atoms with Crippen LogP contribution >= 0.6 is 23.1 Å². The van der Waals surface area contributed by atoms with Crippen LogP contribution in [-0.4, -0.2) is 39.6 Å². The van der Waals surface area contributed by atoms with Crippen LogP contribution in [0.3, 0.4) is 0 Å². The number of nitrogens with zero attached hydrogens (tertiary/aromatic N) is 2. The number of thioether (sulfide) groups is 1. The molecule has 0 bridgehead atoms. The molecule has 0 aromatic carbocycles. The van der Waals surface area contributed by atoms with E-state index in [-0.39, 0.29) is 5.92 Å². The van der Waals surface area contributed by atoms with Crippen LogP contribution in [0, 0.1) is 0 Å². The molecule has 1 aliphatic heterocycles. The second-order valence-corrected chi connectivity index (χ2v) is 7.64. The molecule has 19 heavy (non-hydrogen) atoms. The van der Waals surface area contributed by atoms with Crippen molar-refractivity contribution in [1.29, 1.82) is 0 Å². The van der Waals surface area contributed by atoms with E-state index in [2.05, 4.69) is 23.7 Å². The van der Waals surface area contributed by atoms with Gasteiger partial charge >= 0.3 is 5.97 Å². The van der Waals surface area contributed by atoms with Gasteiger partial charge in [-0.2, -0.15) is 11.8 Å². The van der Waals surface area contributed by atoms with Gasteiger partial charge in [0.15, 0.2) is 5.13 Å². The van der Waals surface area contributed by atoms with Crippen molar-refractivity contribution in [3.05, 3.63) is 10.6 Å². The second-order valence-electron chi connectivity index (χ2n) is 5.18. The number of rotatable bonds is 3. The topological polar surface area (TPSA) is 53.4 Å². The molecule has 1 saturated heterocycles. The minimum atomic E-state index is -0.862. The molecule has 2 heterocycles. The van der Waals surface area contributed by atoms with Gasteiger partial charge in [-0.3, -0.25) is 0 Å². The van der Waals surface area contributed by atoms with Crippen molar-refractivity contribution in [2.24, 2.45) is 0 Å². The highest BCUT2D eigenvalue weighted by Crippen LogP contribution is 2.35. The number of carboxylic acid groups (broad SMARTS) is 1. The van der Waals surface area contributed by atoms with Crippen LogP contribution in [0.25, 0.3) is 0 Å². The van der Waals surface area contributed by atoms with Crippen molar-refractivity contribution in [1.82, 2.24) is 4.98 Å². The van der Waals surface area contributed by atoms with Crippen molar-refractivity contribution in [3.8, 4) is 0 Å². The summed E-state index contributed by atoms with van der Waals surface area (Å²) in [4.78, 5) is 18.6. The average molecular weight is 300 g/mol. The summed E-state index contributed by atoms with van der Waals surface area (Å²) in [5.74, 6) is 0.354. The molecule has 1 fully saturated rings. The highest BCUT2D eigenvalue weighted by Gasteiger charge is 2.29. The van der Waals surface area contributed by atoms with E-state index in [0.717, 1.165) is 17.4 Å². The number of aromatic nitrogens is 1. The van der Waals surface area contributed by atoms with Crippen molar-refractivity contribution in [3.63, 3.8) is 0 Å². The van der Waals surface area contributed by atoms with Gasteiger partial charge in [0.25, 0.3) is 0 Å². The van der Waals surface area contributed by atoms with Crippen LogP contribution in [0.5, 0.6) is 0 Å². The minimum absolute atomic E-state index is 0.142. The molecule has 2 atom stereocenters. The molecule has 0 radical (unpaired) electrons. The van der Waals surface area contributed by atoms with Crippen LogP contribution in [0.1, 0.15) is 49.0 Å². The van der Waals surface area contributed by atoms with E-state index in [4.69, 9.17) is 0 Å². The van der Waals surface area contributed by atoms with E-state index in [1.807, 2.05) is 25.6 Å². The fourth-order valence-corrected chi connectivity index (χ4v) is 4.46. The van der Waals surface area contributed by atoms with Crippen molar-refractivity contribution in [2.45, 2.75) is 44.9 Å². The smallest absolute Gasteiger partial charge is 0.347 e. The van der Waals surface area contributed by atoms with Gasteiger partial charge in [0.05, 0.1) is 5.69 Å². The Balaban J connectivity index is 2.35. The number of hydrogen-bond acceptors (Lipinski definition) is 5. The lowest BCUT2D eigenvalue weighted by Crippen LogP contribution is -2.44. The summed E-state index contributed by atoms with van der Waals surface area (Å²) < 4.78 is 0. The third-order valence-electron chi connectivity index (χ3n) is 3.51. The summed E-state index contributed by atoms with van der Waals surface area (Å²) in [7, 11) is 0. The first-order valence-electron chi connectivity index (χ1n) is 6.54. The highest BCUT2D eigenvalue weighted by atomic mass is 32.2. The monoisotopic (exact) mass is 300 g/mol. The first-order chi connectivity index (χ1) is 8.91. The Morgan fingerprint density at radius 1 is 1.47 bits per heavy atom. The summed E-state index contributed by atoms with van der Waals surface area (Å²) in [6.45, 7) is 9.33. The highest BCUT2D eigenvalue weighted by molar-refractivity contribution is 8.00. The standard InChI is InChI=1S/C13H20N2O2S2/c1-7(2)10-11(12(16)17)19-13(14-10)15-5-6-18-9(4)8(15)3/h7-9H,5-6H2,1-4H3,(H,16,17). The molecule has 2 rings (SSSR count). The second kappa shape index (κ2) is 5.71. The lowest BCUT2D eigenvalue weighted by atomic mass is 10.1. The fraction of sp³-hybridized carbons (Fsp3) is 0.692. The Labute approximate surface area is 122 Å². The van der Waals surface area contributed by atoms with Gasteiger partial charge in [0.2, 0.25) is 0 Å². The molecular formula is C13H20N2O2S2. The third kappa shape index (κ3) is 2.89. The maximum absolute atomic E-state index is 11.3. The Morgan fingerprint density at radius 2 is 2.16 bits per heavy atom. The maximum Gasteiger partial charge on any atom is 0.347 e. The van der Waals surface area contributed by atoms with Crippen LogP contribution in [0.4, 0.5) is 5.13 Å². The summed E-state index contributed by atoms with van der Waals surface area (Å²) in [6.07, 6.45) is 0. The van der Waals surface area contributed by atoms with Crippen molar-refractivity contribution < 1.29 is 9.90 Å². The molecule has 0 amide bonds. The van der Waals surface area contributed by atoms with Gasteiger partial charge in [0, 0.05) is 23.6 Å². The third-order valence-corrected chi connectivity index (χ3v) is 5.95. The molecule has 2 unspecified atom stereocenters. The van der Waals surface area contributed by atoms with E-state index in [9.17, 15) is 9.90 Å². The van der Waals surface area contributed by atoms with E-state index >= 15 is 0 Å². The van der Waals surface area contributed by atoms with Gasteiger partial charge in [0.1, 0.15) is 4.88 Å². The van der Waals surface area contributed by atoms with Crippen LogP contribution in [0.2, 0.25) is 0 Å². The van der Waals surface area contributed by atoms with E-state index in [0.29, 0.717) is 21.9 Å². The maximum atomic E-state index is 11.3. The van der Waals surface area contributed by atoms with Gasteiger partial charge in [-0.15, -0.1) is 0 Å². The normalized spacial score (nSPS) is 23.9. The zero-order chi connectivity index (χ0) is 14.2. The van der Waals surface area contributed by atoms with E-state index in [1.165, 1.54) is 11.3 Å². The molecule has 0 saturated carbocycles. The fourth-order valence-electron chi connectivity index (χ4n) is 2.19. The summed E-state index contributed by atoms with van der Waals surface area (Å²) >= 11 is 3.28. The molecule has 106 valence electrons. The molecule has 4 nitrogen and oxygen atoms in total. The van der Waals surface area contributed by atoms with Gasteiger partial charge < -0.3 is 10.0 Å². The zero-order valence-electron chi connectivity index (χ0n) is 11.7. The van der Waals surface area contributed by atoms with Crippen molar-refractivity contribution in [2.75, 3.05) is 17.2 Å². The summed E-state index contributed by atoms with van der Waals surface area (Å²) in [5.41, 5.74) is 0.713. The first-order valence-corrected chi connectivity index (χ1v) is 8.40. The van der Waals surface area contributed by atoms with Crippen LogP contribution in [-0.2, 0) is 0 Å². The molecule has 1 aromatic rings. The average Bonchev–Trinajstić information content (AvgIpc) is 2.77. The zero-order valence-corrected chi connectivity index (χ0v) is 13.3. The first kappa shape index (κ1) is 14.7. The summed E-state index contributed by atoms with van der Waals surface area (Å²) in [6, 6.07) is 0.395. The Hall–Kier alpha value is -0.750. The van der Waals surface area contributed by atoms with Gasteiger partial charge in [-0.25, -0.2) is 9.78 Å². The Bertz CT molecular complexity index is 473. The lowest BCUT2D eigenvalue weighted by molar-refractivity contribution is 0.0700. The summed E-state index contributed by atoms with van der Waals surface area (Å²) in [5, 5.41) is 10.7. The largest absolute Gasteiger partial charge is 0.477 e. The molecule has 1 aromatic heterocycles. The van der Waals surface area contributed by atoms with E-state index < -0.39 is 5.97 Å². The number of carboxylic acids is 1. The lowest BCUT2D eigenvalue weighted by Gasteiger charge is -2.37. The quantitative estimate of drug-likeness (QED) is 0.928. The number of anilines is 1. The SMILES string of the molecule is CC(C)c1nc(N2CCSC(C)C2C)sc1C(=O)O. The van der Waals surface area contributed by atoms with Crippen LogP contribution < -0.4 is 4.90 Å². The molecule has 1 N–H and O–H groups in total. The molecule has 0 spiro atoms. The number of thiazole rings is 1. The molecule has 6 heteroatoms. The molecule has 1 aliphatic rings.